The minimum absolute atomic E-state index is 0. The van der Waals surface area contributed by atoms with Crippen LogP contribution in [-0.4, -0.2) is 50.3 Å². The summed E-state index contributed by atoms with van der Waals surface area (Å²) < 4.78 is 19.5. The van der Waals surface area contributed by atoms with Gasteiger partial charge >= 0.3 is 23.9 Å². The Kier molecular flexibility index (Phi) is 14.0. The van der Waals surface area contributed by atoms with Gasteiger partial charge in [0.2, 0.25) is 0 Å². The van der Waals surface area contributed by atoms with E-state index in [1.54, 1.807) is 72.8 Å². The van der Waals surface area contributed by atoms with Crippen molar-refractivity contribution in [3.05, 3.63) is 108 Å². The van der Waals surface area contributed by atoms with Gasteiger partial charge in [-0.05, 0) is 36.4 Å². The molecule has 0 aliphatic rings. The Bertz CT molecular complexity index is 1010. The van der Waals surface area contributed by atoms with E-state index in [1.165, 1.54) is 6.92 Å². The van der Waals surface area contributed by atoms with Crippen molar-refractivity contribution in [3.8, 4) is 0 Å². The third kappa shape index (κ3) is 11.6. The first-order valence-electron chi connectivity index (χ1n) is 10.8. The molecule has 0 saturated carbocycles. The first-order valence-corrected chi connectivity index (χ1v) is 10.8. The van der Waals surface area contributed by atoms with Gasteiger partial charge in [-0.3, -0.25) is 4.79 Å². The van der Waals surface area contributed by atoms with Gasteiger partial charge in [0.1, 0.15) is 26.4 Å². The van der Waals surface area contributed by atoms with Gasteiger partial charge in [0, 0.05) is 6.92 Å². The van der Waals surface area contributed by atoms with E-state index < -0.39 is 17.9 Å². The maximum absolute atomic E-state index is 11.6. The summed E-state index contributed by atoms with van der Waals surface area (Å²) in [5, 5.41) is 0. The highest BCUT2D eigenvalue weighted by atomic mass is 16.6. The predicted molar refractivity (Wildman–Crippen MR) is 134 cm³/mol. The average molecular weight is 495 g/mol. The Hall–Kier alpha value is -4.46. The highest BCUT2D eigenvalue weighted by molar-refractivity contribution is 5.90. The van der Waals surface area contributed by atoms with Crippen LogP contribution < -0.4 is 0 Å². The molecule has 0 saturated heterocycles. The molecule has 0 aromatic heterocycles. The molecule has 190 valence electrons. The standard InChI is InChI=1S/C16H14O4.C11H12O4.CH4/c17-15(13-7-3-1-4-8-13)19-11-12-20-16(18)14-9-5-2-6-10-14;1-9(12)14-7-8-15-11(13)10-5-3-2-4-6-10;/h1-10H,11-12H2;2-6H,7-8H2,1H3;1H4. The summed E-state index contributed by atoms with van der Waals surface area (Å²) >= 11 is 0. The molecule has 0 aliphatic carbocycles. The van der Waals surface area contributed by atoms with Crippen molar-refractivity contribution in [2.45, 2.75) is 14.4 Å². The van der Waals surface area contributed by atoms with E-state index in [4.69, 9.17) is 14.2 Å². The number of carbonyl (C=O) groups is 4. The third-order valence-electron chi connectivity index (χ3n) is 4.20. The summed E-state index contributed by atoms with van der Waals surface area (Å²) in [7, 11) is 0. The van der Waals surface area contributed by atoms with Crippen LogP contribution in [0.1, 0.15) is 45.4 Å². The molecule has 0 atom stereocenters. The van der Waals surface area contributed by atoms with Gasteiger partial charge in [0.25, 0.3) is 0 Å². The van der Waals surface area contributed by atoms with Crippen LogP contribution in [0.5, 0.6) is 0 Å². The van der Waals surface area contributed by atoms with Crippen LogP contribution in [0, 0.1) is 0 Å². The molecule has 0 N–H and O–H groups in total. The molecule has 0 aliphatic heterocycles. The van der Waals surface area contributed by atoms with Crippen molar-refractivity contribution in [2.24, 2.45) is 0 Å². The highest BCUT2D eigenvalue weighted by Crippen LogP contribution is 2.03. The first kappa shape index (κ1) is 29.6. The largest absolute Gasteiger partial charge is 0.462 e. The number of hydrogen-bond donors (Lipinski definition) is 0. The molecule has 3 aromatic carbocycles. The van der Waals surface area contributed by atoms with E-state index in [0.29, 0.717) is 16.7 Å². The smallest absolute Gasteiger partial charge is 0.338 e. The molecule has 0 heterocycles. The van der Waals surface area contributed by atoms with Crippen LogP contribution in [0.2, 0.25) is 0 Å². The summed E-state index contributed by atoms with van der Waals surface area (Å²) in [5.41, 5.74) is 1.43. The Morgan fingerprint density at radius 2 is 0.722 bits per heavy atom. The van der Waals surface area contributed by atoms with E-state index in [2.05, 4.69) is 4.74 Å². The topological polar surface area (TPSA) is 105 Å². The molecule has 8 heteroatoms. The van der Waals surface area contributed by atoms with Crippen molar-refractivity contribution in [1.29, 1.82) is 0 Å². The van der Waals surface area contributed by atoms with E-state index in [-0.39, 0.29) is 39.8 Å². The quantitative estimate of drug-likeness (QED) is 0.239. The summed E-state index contributed by atoms with van der Waals surface area (Å²) in [6, 6.07) is 26.0. The van der Waals surface area contributed by atoms with Crippen LogP contribution in [0.4, 0.5) is 0 Å². The third-order valence-corrected chi connectivity index (χ3v) is 4.20. The van der Waals surface area contributed by atoms with E-state index in [9.17, 15) is 19.2 Å². The van der Waals surface area contributed by atoms with Crippen LogP contribution in [-0.2, 0) is 23.7 Å². The molecule has 0 radical (unpaired) electrons. The van der Waals surface area contributed by atoms with Crippen LogP contribution in [0.15, 0.2) is 91.0 Å². The highest BCUT2D eigenvalue weighted by Gasteiger charge is 2.08. The van der Waals surface area contributed by atoms with Gasteiger partial charge < -0.3 is 18.9 Å². The molecular weight excluding hydrogens is 464 g/mol. The predicted octanol–water partition coefficient (Wildman–Crippen LogP) is 4.74. The maximum atomic E-state index is 11.6. The molecule has 3 rings (SSSR count). The fourth-order valence-electron chi connectivity index (χ4n) is 2.56. The molecule has 0 spiro atoms. The van der Waals surface area contributed by atoms with Crippen LogP contribution in [0.25, 0.3) is 0 Å². The number of esters is 4. The lowest BCUT2D eigenvalue weighted by Crippen LogP contribution is -2.14. The molecular formula is C28H30O8. The average Bonchev–Trinajstić information content (AvgIpc) is 2.90. The molecule has 8 nitrogen and oxygen atoms in total. The lowest BCUT2D eigenvalue weighted by molar-refractivity contribution is -0.142. The van der Waals surface area contributed by atoms with Gasteiger partial charge in [-0.15, -0.1) is 0 Å². The molecule has 0 amide bonds. The minimum Gasteiger partial charge on any atom is -0.462 e. The SMILES string of the molecule is C.CC(=O)OCCOC(=O)c1ccccc1.O=C(OCCOC(=O)c1ccccc1)c1ccccc1. The molecule has 0 bridgehead atoms. The number of carbonyl (C=O) groups excluding carboxylic acids is 4. The Balaban J connectivity index is 0.000000365. The van der Waals surface area contributed by atoms with E-state index >= 15 is 0 Å². The summed E-state index contributed by atoms with van der Waals surface area (Å²) in [6.45, 7) is 1.54. The normalized spacial score (nSPS) is 9.36. The molecule has 0 unspecified atom stereocenters. The zero-order chi connectivity index (χ0) is 25.3. The van der Waals surface area contributed by atoms with Gasteiger partial charge in [-0.2, -0.15) is 0 Å². The zero-order valence-electron chi connectivity index (χ0n) is 19.3. The second-order valence-corrected chi connectivity index (χ2v) is 6.85. The van der Waals surface area contributed by atoms with Crippen LogP contribution >= 0.6 is 0 Å². The number of rotatable bonds is 9. The molecule has 36 heavy (non-hydrogen) atoms. The number of ether oxygens (including phenoxy) is 4. The zero-order valence-corrected chi connectivity index (χ0v) is 19.3. The van der Waals surface area contributed by atoms with Crippen molar-refractivity contribution < 1.29 is 38.1 Å². The van der Waals surface area contributed by atoms with Gasteiger partial charge in [0.05, 0.1) is 16.7 Å². The summed E-state index contributed by atoms with van der Waals surface area (Å²) in [4.78, 5) is 44.9. The number of hydrogen-bond acceptors (Lipinski definition) is 8. The minimum atomic E-state index is -0.429. The fraction of sp³-hybridized carbons (Fsp3) is 0.214. The van der Waals surface area contributed by atoms with E-state index in [0.717, 1.165) is 0 Å². The summed E-state index contributed by atoms with van der Waals surface area (Å²) in [6.07, 6.45) is 0. The van der Waals surface area contributed by atoms with Crippen molar-refractivity contribution >= 4 is 23.9 Å². The second-order valence-electron chi connectivity index (χ2n) is 6.85. The monoisotopic (exact) mass is 494 g/mol. The maximum Gasteiger partial charge on any atom is 0.338 e. The lowest BCUT2D eigenvalue weighted by atomic mass is 10.2. The fourth-order valence-corrected chi connectivity index (χ4v) is 2.56. The Morgan fingerprint density at radius 3 is 0.972 bits per heavy atom. The molecule has 0 fully saturated rings. The van der Waals surface area contributed by atoms with Crippen molar-refractivity contribution in [2.75, 3.05) is 26.4 Å². The Labute approximate surface area is 210 Å². The number of benzene rings is 3. The first-order chi connectivity index (χ1) is 17.0. The van der Waals surface area contributed by atoms with Crippen molar-refractivity contribution in [3.63, 3.8) is 0 Å². The van der Waals surface area contributed by atoms with Crippen molar-refractivity contribution in [1.82, 2.24) is 0 Å². The Morgan fingerprint density at radius 1 is 0.472 bits per heavy atom. The van der Waals surface area contributed by atoms with Gasteiger partial charge in [0.15, 0.2) is 0 Å². The van der Waals surface area contributed by atoms with Gasteiger partial charge in [-0.1, -0.05) is 62.0 Å². The van der Waals surface area contributed by atoms with E-state index in [1.807, 2.05) is 18.2 Å². The second kappa shape index (κ2) is 17.0. The molecule has 3 aromatic rings. The summed E-state index contributed by atoms with van der Waals surface area (Å²) in [5.74, 6) is -1.66. The van der Waals surface area contributed by atoms with Crippen LogP contribution in [0.3, 0.4) is 0 Å². The van der Waals surface area contributed by atoms with Gasteiger partial charge in [-0.25, -0.2) is 14.4 Å². The lowest BCUT2D eigenvalue weighted by Gasteiger charge is -2.06.